The number of rotatable bonds is 1. The Kier molecular flexibility index (Phi) is 3.33. The number of hydrogen-bond acceptors (Lipinski definition) is 1. The van der Waals surface area contributed by atoms with Crippen molar-refractivity contribution in [2.24, 2.45) is 0 Å². The van der Waals surface area contributed by atoms with E-state index in [1.54, 1.807) is 24.3 Å². The lowest BCUT2D eigenvalue weighted by Gasteiger charge is -2.05. The maximum absolute atomic E-state index is 13.3. The molecule has 0 fully saturated rings. The number of benzene rings is 2. The molecule has 2 aromatic rings. The van der Waals surface area contributed by atoms with Crippen LogP contribution in [-0.4, -0.2) is 0 Å². The highest BCUT2D eigenvalue weighted by molar-refractivity contribution is 6.33. The lowest BCUT2D eigenvalue weighted by molar-refractivity contribution is 0.629. The van der Waals surface area contributed by atoms with Crippen molar-refractivity contribution < 1.29 is 4.39 Å². The highest BCUT2D eigenvalue weighted by Crippen LogP contribution is 2.30. The third-order valence-electron chi connectivity index (χ3n) is 2.33. The van der Waals surface area contributed by atoms with Gasteiger partial charge in [-0.05, 0) is 29.8 Å². The molecular formula is C13H6Cl2FN. The van der Waals surface area contributed by atoms with Gasteiger partial charge in [0.2, 0.25) is 0 Å². The van der Waals surface area contributed by atoms with Crippen molar-refractivity contribution in [2.75, 3.05) is 0 Å². The van der Waals surface area contributed by atoms with Gasteiger partial charge < -0.3 is 0 Å². The summed E-state index contributed by atoms with van der Waals surface area (Å²) in [6, 6.07) is 11.3. The van der Waals surface area contributed by atoms with Crippen molar-refractivity contribution in [3.63, 3.8) is 0 Å². The molecule has 0 saturated heterocycles. The first-order valence-corrected chi connectivity index (χ1v) is 5.52. The zero-order chi connectivity index (χ0) is 12.4. The van der Waals surface area contributed by atoms with Gasteiger partial charge in [-0.1, -0.05) is 35.3 Å². The first kappa shape index (κ1) is 11.9. The molecule has 17 heavy (non-hydrogen) atoms. The van der Waals surface area contributed by atoms with Crippen LogP contribution < -0.4 is 0 Å². The van der Waals surface area contributed by atoms with Crippen LogP contribution >= 0.6 is 23.2 Å². The Morgan fingerprint density at radius 3 is 2.35 bits per heavy atom. The molecule has 0 N–H and O–H groups in total. The van der Waals surface area contributed by atoms with Gasteiger partial charge >= 0.3 is 0 Å². The Bertz CT molecular complexity index is 617. The minimum absolute atomic E-state index is 0.0681. The van der Waals surface area contributed by atoms with E-state index >= 15 is 0 Å². The van der Waals surface area contributed by atoms with E-state index in [2.05, 4.69) is 0 Å². The topological polar surface area (TPSA) is 23.8 Å². The van der Waals surface area contributed by atoms with Gasteiger partial charge in [0.1, 0.15) is 5.82 Å². The summed E-state index contributed by atoms with van der Waals surface area (Å²) in [5.74, 6) is -0.496. The van der Waals surface area contributed by atoms with Crippen LogP contribution in [0.3, 0.4) is 0 Å². The summed E-state index contributed by atoms with van der Waals surface area (Å²) < 4.78 is 13.3. The minimum Gasteiger partial charge on any atom is -0.205 e. The van der Waals surface area contributed by atoms with Gasteiger partial charge in [0.25, 0.3) is 0 Å². The van der Waals surface area contributed by atoms with Crippen molar-refractivity contribution in [1.82, 2.24) is 0 Å². The lowest BCUT2D eigenvalue weighted by atomic mass is 10.0. The van der Waals surface area contributed by atoms with Crippen LogP contribution in [0.2, 0.25) is 10.0 Å². The molecule has 0 aliphatic carbocycles. The molecular weight excluding hydrogens is 260 g/mol. The van der Waals surface area contributed by atoms with Gasteiger partial charge in [-0.25, -0.2) is 4.39 Å². The van der Waals surface area contributed by atoms with Crippen molar-refractivity contribution in [3.05, 3.63) is 57.8 Å². The third kappa shape index (κ3) is 2.41. The van der Waals surface area contributed by atoms with E-state index in [0.29, 0.717) is 21.7 Å². The molecule has 0 bridgehead atoms. The average Bonchev–Trinajstić information content (AvgIpc) is 2.32. The van der Waals surface area contributed by atoms with E-state index in [-0.39, 0.29) is 5.02 Å². The molecule has 0 radical (unpaired) electrons. The first-order chi connectivity index (χ1) is 8.11. The Morgan fingerprint density at radius 1 is 1.00 bits per heavy atom. The molecule has 84 valence electrons. The predicted octanol–water partition coefficient (Wildman–Crippen LogP) is 4.67. The Morgan fingerprint density at radius 2 is 1.76 bits per heavy atom. The smallest absolute Gasteiger partial charge is 0.142 e. The molecule has 0 heterocycles. The molecule has 0 amide bonds. The summed E-state index contributed by atoms with van der Waals surface area (Å²) in [7, 11) is 0. The fourth-order valence-electron chi connectivity index (χ4n) is 1.48. The number of nitrogens with zero attached hydrogens (tertiary/aromatic N) is 1. The van der Waals surface area contributed by atoms with Gasteiger partial charge in [-0.15, -0.1) is 0 Å². The van der Waals surface area contributed by atoms with Crippen molar-refractivity contribution >= 4 is 23.2 Å². The number of hydrogen-bond donors (Lipinski definition) is 0. The monoisotopic (exact) mass is 265 g/mol. The Labute approximate surface area is 108 Å². The standard InChI is InChI=1S/C13H6Cl2FN/c14-11-4-2-9(6-13(11)16)10-3-1-8(7-17)5-12(10)15/h1-6H. The summed E-state index contributed by atoms with van der Waals surface area (Å²) in [5, 5.41) is 9.19. The Balaban J connectivity index is 2.54. The predicted molar refractivity (Wildman–Crippen MR) is 66.6 cm³/mol. The van der Waals surface area contributed by atoms with E-state index in [4.69, 9.17) is 28.5 Å². The van der Waals surface area contributed by atoms with E-state index in [1.807, 2.05) is 6.07 Å². The van der Waals surface area contributed by atoms with E-state index < -0.39 is 5.82 Å². The second-order valence-corrected chi connectivity index (χ2v) is 4.25. The van der Waals surface area contributed by atoms with Gasteiger partial charge in [-0.2, -0.15) is 5.26 Å². The summed E-state index contributed by atoms with van der Waals surface area (Å²) in [4.78, 5) is 0. The molecule has 0 spiro atoms. The van der Waals surface area contributed by atoms with Crippen LogP contribution in [0.4, 0.5) is 4.39 Å². The quantitative estimate of drug-likeness (QED) is 0.735. The molecule has 0 unspecified atom stereocenters. The number of nitriles is 1. The second kappa shape index (κ2) is 4.75. The average molecular weight is 266 g/mol. The summed E-state index contributed by atoms with van der Waals surface area (Å²) in [5.41, 5.74) is 1.76. The van der Waals surface area contributed by atoms with Crippen molar-refractivity contribution in [3.8, 4) is 17.2 Å². The van der Waals surface area contributed by atoms with Gasteiger partial charge in [0, 0.05) is 10.6 Å². The van der Waals surface area contributed by atoms with E-state index in [1.165, 1.54) is 12.1 Å². The third-order valence-corrected chi connectivity index (χ3v) is 2.95. The Hall–Kier alpha value is -1.56. The fourth-order valence-corrected chi connectivity index (χ4v) is 1.89. The first-order valence-electron chi connectivity index (χ1n) is 4.77. The van der Waals surface area contributed by atoms with Crippen LogP contribution in [0, 0.1) is 17.1 Å². The maximum atomic E-state index is 13.3. The summed E-state index contributed by atoms with van der Waals surface area (Å²) in [6.07, 6.45) is 0. The SMILES string of the molecule is N#Cc1ccc(-c2ccc(Cl)c(F)c2)c(Cl)c1. The second-order valence-electron chi connectivity index (χ2n) is 3.44. The van der Waals surface area contributed by atoms with Crippen LogP contribution in [0.5, 0.6) is 0 Å². The van der Waals surface area contributed by atoms with Crippen molar-refractivity contribution in [2.45, 2.75) is 0 Å². The highest BCUT2D eigenvalue weighted by Gasteiger charge is 2.07. The zero-order valence-electron chi connectivity index (χ0n) is 8.55. The molecule has 0 saturated carbocycles. The molecule has 2 rings (SSSR count). The van der Waals surface area contributed by atoms with Gasteiger partial charge in [0.15, 0.2) is 0 Å². The van der Waals surface area contributed by atoms with E-state index in [9.17, 15) is 4.39 Å². The largest absolute Gasteiger partial charge is 0.205 e. The summed E-state index contributed by atoms with van der Waals surface area (Å²) >= 11 is 11.6. The van der Waals surface area contributed by atoms with Gasteiger partial charge in [0.05, 0.1) is 16.7 Å². The van der Waals surface area contributed by atoms with Crippen LogP contribution in [0.25, 0.3) is 11.1 Å². The molecule has 0 aromatic heterocycles. The van der Waals surface area contributed by atoms with E-state index in [0.717, 1.165) is 0 Å². The number of halogens is 3. The molecule has 4 heteroatoms. The maximum Gasteiger partial charge on any atom is 0.142 e. The lowest BCUT2D eigenvalue weighted by Crippen LogP contribution is -1.84. The summed E-state index contributed by atoms with van der Waals surface area (Å²) in [6.45, 7) is 0. The normalized spacial score (nSPS) is 10.0. The van der Waals surface area contributed by atoms with Crippen molar-refractivity contribution in [1.29, 1.82) is 5.26 Å². The fraction of sp³-hybridized carbons (Fsp3) is 0. The van der Waals surface area contributed by atoms with Crippen LogP contribution in [-0.2, 0) is 0 Å². The molecule has 1 nitrogen and oxygen atoms in total. The van der Waals surface area contributed by atoms with Crippen LogP contribution in [0.15, 0.2) is 36.4 Å². The molecule has 0 aliphatic rings. The molecule has 2 aromatic carbocycles. The highest BCUT2D eigenvalue weighted by atomic mass is 35.5. The van der Waals surface area contributed by atoms with Crippen LogP contribution in [0.1, 0.15) is 5.56 Å². The molecule has 0 atom stereocenters. The van der Waals surface area contributed by atoms with Gasteiger partial charge in [-0.3, -0.25) is 0 Å². The zero-order valence-corrected chi connectivity index (χ0v) is 10.1. The molecule has 0 aliphatic heterocycles. The minimum atomic E-state index is -0.496.